The molecule has 84 valence electrons. The average molecular weight is 287 g/mol. The number of aromatic nitrogens is 1. The zero-order valence-electron chi connectivity index (χ0n) is 9.23. The lowest BCUT2D eigenvalue weighted by atomic mass is 10.1. The van der Waals surface area contributed by atoms with Crippen molar-refractivity contribution in [2.24, 2.45) is 0 Å². The molecule has 2 rings (SSSR count). The van der Waals surface area contributed by atoms with E-state index in [1.165, 1.54) is 5.56 Å². The highest BCUT2D eigenvalue weighted by Crippen LogP contribution is 2.12. The van der Waals surface area contributed by atoms with Crippen molar-refractivity contribution >= 4 is 15.9 Å². The number of rotatable bonds is 3. The fourth-order valence-electron chi connectivity index (χ4n) is 1.58. The van der Waals surface area contributed by atoms with Crippen molar-refractivity contribution in [1.82, 2.24) is 4.98 Å². The summed E-state index contributed by atoms with van der Waals surface area (Å²) in [4.78, 5) is 4.05. The summed E-state index contributed by atoms with van der Waals surface area (Å²) < 4.78 is 1.10. The Morgan fingerprint density at radius 3 is 2.24 bits per heavy atom. The van der Waals surface area contributed by atoms with Crippen molar-refractivity contribution < 1.29 is 0 Å². The summed E-state index contributed by atoms with van der Waals surface area (Å²) in [6, 6.07) is 14.1. The van der Waals surface area contributed by atoms with Gasteiger partial charge in [-0.05, 0) is 42.2 Å². The monoisotopic (exact) mass is 286 g/mol. The molecule has 17 heavy (non-hydrogen) atoms. The van der Waals surface area contributed by atoms with Crippen LogP contribution in [0, 0.1) is 11.3 Å². The van der Waals surface area contributed by atoms with Gasteiger partial charge in [-0.1, -0.05) is 34.1 Å². The van der Waals surface area contributed by atoms with Crippen LogP contribution in [0.3, 0.4) is 0 Å². The van der Waals surface area contributed by atoms with E-state index in [1.807, 2.05) is 24.3 Å². The maximum Gasteiger partial charge on any atom is 0.140 e. The molecule has 0 atom stereocenters. The van der Waals surface area contributed by atoms with E-state index in [9.17, 15) is 0 Å². The van der Waals surface area contributed by atoms with Gasteiger partial charge >= 0.3 is 0 Å². The van der Waals surface area contributed by atoms with Crippen LogP contribution in [-0.4, -0.2) is 4.98 Å². The van der Waals surface area contributed by atoms with Crippen LogP contribution in [0.4, 0.5) is 0 Å². The first-order valence-electron chi connectivity index (χ1n) is 5.37. The Bertz CT molecular complexity index is 524. The molecule has 0 saturated heterocycles. The van der Waals surface area contributed by atoms with Crippen molar-refractivity contribution in [1.29, 1.82) is 5.26 Å². The summed E-state index contributed by atoms with van der Waals surface area (Å²) in [6.45, 7) is 0. The minimum absolute atomic E-state index is 0.470. The van der Waals surface area contributed by atoms with Gasteiger partial charge in [-0.3, -0.25) is 0 Å². The van der Waals surface area contributed by atoms with E-state index >= 15 is 0 Å². The summed E-state index contributed by atoms with van der Waals surface area (Å²) in [7, 11) is 0. The predicted molar refractivity (Wildman–Crippen MR) is 70.5 cm³/mol. The number of benzene rings is 1. The molecule has 0 bridgehead atoms. The van der Waals surface area contributed by atoms with Gasteiger partial charge in [0.2, 0.25) is 0 Å². The van der Waals surface area contributed by atoms with E-state index in [0.717, 1.165) is 22.9 Å². The van der Waals surface area contributed by atoms with E-state index in [-0.39, 0.29) is 0 Å². The first-order chi connectivity index (χ1) is 8.28. The van der Waals surface area contributed by atoms with Gasteiger partial charge in [0.1, 0.15) is 11.8 Å². The fourth-order valence-corrected chi connectivity index (χ4v) is 1.84. The highest BCUT2D eigenvalue weighted by atomic mass is 79.9. The summed E-state index contributed by atoms with van der Waals surface area (Å²) in [5.41, 5.74) is 2.93. The van der Waals surface area contributed by atoms with Crippen molar-refractivity contribution in [3.8, 4) is 6.07 Å². The molecule has 0 N–H and O–H groups in total. The van der Waals surface area contributed by atoms with Crippen molar-refractivity contribution in [2.45, 2.75) is 12.8 Å². The van der Waals surface area contributed by atoms with Crippen molar-refractivity contribution in [3.05, 3.63) is 63.9 Å². The number of hydrogen-bond acceptors (Lipinski definition) is 2. The lowest BCUT2D eigenvalue weighted by Gasteiger charge is -2.02. The van der Waals surface area contributed by atoms with Crippen LogP contribution in [0.5, 0.6) is 0 Å². The quantitative estimate of drug-likeness (QED) is 0.866. The Morgan fingerprint density at radius 2 is 1.65 bits per heavy atom. The highest BCUT2D eigenvalue weighted by molar-refractivity contribution is 9.10. The SMILES string of the molecule is N#Cc1ccc(CCc2ccc(Br)cc2)cn1. The summed E-state index contributed by atoms with van der Waals surface area (Å²) >= 11 is 3.42. The average Bonchev–Trinajstić information content (AvgIpc) is 2.39. The van der Waals surface area contributed by atoms with Crippen LogP contribution >= 0.6 is 15.9 Å². The minimum Gasteiger partial charge on any atom is -0.245 e. The molecule has 1 aromatic carbocycles. The smallest absolute Gasteiger partial charge is 0.140 e. The third-order valence-electron chi connectivity index (χ3n) is 2.55. The predicted octanol–water partition coefficient (Wildman–Crippen LogP) is 3.50. The largest absolute Gasteiger partial charge is 0.245 e. The van der Waals surface area contributed by atoms with Gasteiger partial charge in [-0.2, -0.15) is 5.26 Å². The van der Waals surface area contributed by atoms with Gasteiger partial charge in [-0.25, -0.2) is 4.98 Å². The molecule has 0 aliphatic rings. The number of pyridine rings is 1. The number of aryl methyl sites for hydroxylation is 2. The van der Waals surface area contributed by atoms with Gasteiger partial charge in [0.15, 0.2) is 0 Å². The minimum atomic E-state index is 0.470. The zero-order valence-corrected chi connectivity index (χ0v) is 10.8. The molecule has 0 fully saturated rings. The molecule has 1 aromatic heterocycles. The number of nitrogens with zero attached hydrogens (tertiary/aromatic N) is 2. The number of hydrogen-bond donors (Lipinski definition) is 0. The van der Waals surface area contributed by atoms with Crippen molar-refractivity contribution in [2.75, 3.05) is 0 Å². The summed E-state index contributed by atoms with van der Waals surface area (Å²) in [5.74, 6) is 0. The summed E-state index contributed by atoms with van der Waals surface area (Å²) in [5, 5.41) is 8.65. The van der Waals surface area contributed by atoms with Crippen LogP contribution < -0.4 is 0 Å². The van der Waals surface area contributed by atoms with Crippen LogP contribution in [0.2, 0.25) is 0 Å². The van der Waals surface area contributed by atoms with Crippen LogP contribution in [-0.2, 0) is 12.8 Å². The second kappa shape index (κ2) is 5.60. The third kappa shape index (κ3) is 3.40. The molecule has 0 amide bonds. The van der Waals surface area contributed by atoms with Crippen LogP contribution in [0.1, 0.15) is 16.8 Å². The van der Waals surface area contributed by atoms with Gasteiger partial charge in [0.05, 0.1) is 0 Å². The molecule has 2 nitrogen and oxygen atoms in total. The lowest BCUT2D eigenvalue weighted by molar-refractivity contribution is 0.948. The Labute approximate surface area is 109 Å². The Kier molecular flexibility index (Phi) is 3.89. The second-order valence-electron chi connectivity index (χ2n) is 3.79. The molecule has 0 radical (unpaired) electrons. The molecule has 3 heteroatoms. The normalized spacial score (nSPS) is 9.88. The van der Waals surface area contributed by atoms with Crippen molar-refractivity contribution in [3.63, 3.8) is 0 Å². The molecular formula is C14H11BrN2. The standard InChI is InChI=1S/C14H11BrN2/c15-13-6-3-11(4-7-13)1-2-12-5-8-14(9-16)17-10-12/h3-8,10H,1-2H2. The second-order valence-corrected chi connectivity index (χ2v) is 4.71. The third-order valence-corrected chi connectivity index (χ3v) is 3.08. The lowest BCUT2D eigenvalue weighted by Crippen LogP contribution is -1.93. The molecular weight excluding hydrogens is 276 g/mol. The molecule has 1 heterocycles. The summed E-state index contributed by atoms with van der Waals surface area (Å²) in [6.07, 6.45) is 3.71. The molecule has 0 aliphatic heterocycles. The van der Waals surface area contributed by atoms with Gasteiger partial charge in [0, 0.05) is 10.7 Å². The van der Waals surface area contributed by atoms with Gasteiger partial charge in [0.25, 0.3) is 0 Å². The van der Waals surface area contributed by atoms with Gasteiger partial charge in [-0.15, -0.1) is 0 Å². The van der Waals surface area contributed by atoms with Crippen LogP contribution in [0.15, 0.2) is 47.1 Å². The van der Waals surface area contributed by atoms with E-state index in [4.69, 9.17) is 5.26 Å². The van der Waals surface area contributed by atoms with E-state index in [2.05, 4.69) is 33.0 Å². The van der Waals surface area contributed by atoms with E-state index < -0.39 is 0 Å². The Morgan fingerprint density at radius 1 is 1.00 bits per heavy atom. The maximum absolute atomic E-state index is 8.65. The molecule has 2 aromatic rings. The van der Waals surface area contributed by atoms with Crippen LogP contribution in [0.25, 0.3) is 0 Å². The molecule has 0 aliphatic carbocycles. The fraction of sp³-hybridized carbons (Fsp3) is 0.143. The van der Waals surface area contributed by atoms with Gasteiger partial charge < -0.3 is 0 Å². The number of halogens is 1. The van der Waals surface area contributed by atoms with E-state index in [0.29, 0.717) is 5.69 Å². The number of nitriles is 1. The Balaban J connectivity index is 1.98. The highest BCUT2D eigenvalue weighted by Gasteiger charge is 1.97. The first kappa shape index (κ1) is 11.8. The zero-order chi connectivity index (χ0) is 12.1. The topological polar surface area (TPSA) is 36.7 Å². The molecule has 0 unspecified atom stereocenters. The Hall–Kier alpha value is -1.66. The maximum atomic E-state index is 8.65. The molecule has 0 saturated carbocycles. The molecule has 0 spiro atoms. The van der Waals surface area contributed by atoms with E-state index in [1.54, 1.807) is 12.3 Å². The first-order valence-corrected chi connectivity index (χ1v) is 6.17.